The van der Waals surface area contributed by atoms with Crippen molar-refractivity contribution in [1.82, 2.24) is 10.6 Å². The Morgan fingerprint density at radius 2 is 2.05 bits per heavy atom. The van der Waals surface area contributed by atoms with Gasteiger partial charge in [-0.1, -0.05) is 26.0 Å². The van der Waals surface area contributed by atoms with Crippen LogP contribution in [-0.2, 0) is 0 Å². The number of thiocarbonyl (C=S) groups is 1. The molecule has 0 amide bonds. The van der Waals surface area contributed by atoms with Crippen LogP contribution in [0.4, 0.5) is 0 Å². The fraction of sp³-hybridized carbons (Fsp3) is 0.438. The molecule has 0 unspecified atom stereocenters. The van der Waals surface area contributed by atoms with Crippen LogP contribution < -0.4 is 20.1 Å². The molecule has 21 heavy (non-hydrogen) atoms. The van der Waals surface area contributed by atoms with Gasteiger partial charge in [-0.3, -0.25) is 0 Å². The third-order valence-corrected chi connectivity index (χ3v) is 3.55. The molecule has 1 heterocycles. The fourth-order valence-electron chi connectivity index (χ4n) is 2.25. The molecule has 5 heteroatoms. The Morgan fingerprint density at radius 3 is 2.71 bits per heavy atom. The van der Waals surface area contributed by atoms with E-state index >= 15 is 0 Å². The van der Waals surface area contributed by atoms with Crippen molar-refractivity contribution in [3.05, 3.63) is 36.4 Å². The Bertz CT molecular complexity index is 517. The minimum absolute atomic E-state index is 0.116. The van der Waals surface area contributed by atoms with E-state index in [4.69, 9.17) is 21.7 Å². The maximum Gasteiger partial charge on any atom is 0.167 e. The highest BCUT2D eigenvalue weighted by Crippen LogP contribution is 2.34. The zero-order chi connectivity index (χ0) is 15.2. The second kappa shape index (κ2) is 7.31. The fourth-order valence-corrected chi connectivity index (χ4v) is 2.46. The van der Waals surface area contributed by atoms with E-state index in [1.807, 2.05) is 12.1 Å². The first-order valence-corrected chi connectivity index (χ1v) is 7.57. The van der Waals surface area contributed by atoms with E-state index in [-0.39, 0.29) is 6.04 Å². The Hall–Kier alpha value is -1.75. The van der Waals surface area contributed by atoms with E-state index in [0.717, 1.165) is 17.1 Å². The third-order valence-electron chi connectivity index (χ3n) is 3.29. The SMILES string of the molecule is C=CCNC(=S)N[C@H](c1ccc2c(c1)OCCO2)C(C)C. The van der Waals surface area contributed by atoms with E-state index in [1.165, 1.54) is 0 Å². The lowest BCUT2D eigenvalue weighted by Crippen LogP contribution is -2.39. The molecule has 0 fully saturated rings. The van der Waals surface area contributed by atoms with E-state index in [9.17, 15) is 0 Å². The first-order valence-electron chi connectivity index (χ1n) is 7.16. The molecule has 1 atom stereocenters. The zero-order valence-corrected chi connectivity index (χ0v) is 13.3. The second-order valence-electron chi connectivity index (χ2n) is 5.27. The summed E-state index contributed by atoms with van der Waals surface area (Å²) in [4.78, 5) is 0. The van der Waals surface area contributed by atoms with Gasteiger partial charge in [0.2, 0.25) is 0 Å². The minimum Gasteiger partial charge on any atom is -0.486 e. The molecule has 4 nitrogen and oxygen atoms in total. The monoisotopic (exact) mass is 306 g/mol. The normalized spacial score (nSPS) is 14.4. The lowest BCUT2D eigenvalue weighted by Gasteiger charge is -2.26. The summed E-state index contributed by atoms with van der Waals surface area (Å²) in [5.41, 5.74) is 1.14. The number of benzene rings is 1. The number of rotatable bonds is 5. The predicted molar refractivity (Wildman–Crippen MR) is 88.9 cm³/mol. The Kier molecular flexibility index (Phi) is 5.44. The molecule has 2 N–H and O–H groups in total. The lowest BCUT2D eigenvalue weighted by atomic mass is 9.96. The topological polar surface area (TPSA) is 42.5 Å². The van der Waals surface area contributed by atoms with Crippen LogP contribution in [0, 0.1) is 5.92 Å². The van der Waals surface area contributed by atoms with Gasteiger partial charge in [-0.15, -0.1) is 6.58 Å². The predicted octanol–water partition coefficient (Wildman–Crippen LogP) is 2.81. The molecular weight excluding hydrogens is 284 g/mol. The average molecular weight is 306 g/mol. The van der Waals surface area contributed by atoms with Crippen LogP contribution in [0.2, 0.25) is 0 Å². The number of hydrogen-bond donors (Lipinski definition) is 2. The third kappa shape index (κ3) is 4.11. The van der Waals surface area contributed by atoms with E-state index in [0.29, 0.717) is 30.8 Å². The summed E-state index contributed by atoms with van der Waals surface area (Å²) in [6.45, 7) is 9.84. The van der Waals surface area contributed by atoms with Gasteiger partial charge in [0.25, 0.3) is 0 Å². The Labute approximate surface area is 131 Å². The van der Waals surface area contributed by atoms with E-state index in [1.54, 1.807) is 6.08 Å². The molecule has 0 radical (unpaired) electrons. The zero-order valence-electron chi connectivity index (χ0n) is 12.5. The number of hydrogen-bond acceptors (Lipinski definition) is 3. The van der Waals surface area contributed by atoms with Crippen LogP contribution >= 0.6 is 12.2 Å². The van der Waals surface area contributed by atoms with Crippen molar-refractivity contribution in [3.8, 4) is 11.5 Å². The number of ether oxygens (including phenoxy) is 2. The summed E-state index contributed by atoms with van der Waals surface area (Å²) in [5, 5.41) is 7.07. The standard InChI is InChI=1S/C16H22N2O2S/c1-4-7-17-16(21)18-15(11(2)3)12-5-6-13-14(10-12)20-9-8-19-13/h4-6,10-11,15H,1,7-9H2,2-3H3,(H2,17,18,21)/t15-/m0/s1. The van der Waals surface area contributed by atoms with Crippen molar-refractivity contribution < 1.29 is 9.47 Å². The van der Waals surface area contributed by atoms with E-state index < -0.39 is 0 Å². The van der Waals surface area contributed by atoms with Crippen molar-refractivity contribution in [2.75, 3.05) is 19.8 Å². The van der Waals surface area contributed by atoms with Gasteiger partial charge < -0.3 is 20.1 Å². The second-order valence-corrected chi connectivity index (χ2v) is 5.68. The first-order chi connectivity index (χ1) is 10.1. The highest BCUT2D eigenvalue weighted by Gasteiger charge is 2.20. The van der Waals surface area contributed by atoms with Gasteiger partial charge >= 0.3 is 0 Å². The van der Waals surface area contributed by atoms with Crippen LogP contribution in [0.1, 0.15) is 25.5 Å². The number of fused-ring (bicyclic) bond motifs is 1. The summed E-state index contributed by atoms with van der Waals surface area (Å²) in [6, 6.07) is 6.16. The van der Waals surface area contributed by atoms with Gasteiger partial charge in [0, 0.05) is 6.54 Å². The molecule has 0 saturated heterocycles. The average Bonchev–Trinajstić information content (AvgIpc) is 2.49. The highest BCUT2D eigenvalue weighted by atomic mass is 32.1. The van der Waals surface area contributed by atoms with Crippen LogP contribution in [0.5, 0.6) is 11.5 Å². The Balaban J connectivity index is 2.14. The lowest BCUT2D eigenvalue weighted by molar-refractivity contribution is 0.171. The minimum atomic E-state index is 0.116. The molecule has 0 bridgehead atoms. The summed E-state index contributed by atoms with van der Waals surface area (Å²) in [7, 11) is 0. The summed E-state index contributed by atoms with van der Waals surface area (Å²) in [6.07, 6.45) is 1.78. The van der Waals surface area contributed by atoms with Crippen molar-refractivity contribution >= 4 is 17.3 Å². The summed E-state index contributed by atoms with van der Waals surface area (Å²) in [5.74, 6) is 1.99. The molecule has 2 rings (SSSR count). The smallest absolute Gasteiger partial charge is 0.167 e. The highest BCUT2D eigenvalue weighted by molar-refractivity contribution is 7.80. The molecule has 114 valence electrons. The van der Waals surface area contributed by atoms with Crippen LogP contribution in [-0.4, -0.2) is 24.9 Å². The van der Waals surface area contributed by atoms with Crippen LogP contribution in [0.25, 0.3) is 0 Å². The quantitative estimate of drug-likeness (QED) is 0.647. The van der Waals surface area contributed by atoms with Crippen LogP contribution in [0.3, 0.4) is 0 Å². The van der Waals surface area contributed by atoms with Gasteiger partial charge in [-0.2, -0.15) is 0 Å². The van der Waals surface area contributed by atoms with Crippen molar-refractivity contribution in [2.24, 2.45) is 5.92 Å². The molecule has 0 spiro atoms. The first kappa shape index (κ1) is 15.6. The molecule has 1 aliphatic rings. The van der Waals surface area contributed by atoms with Gasteiger partial charge in [0.05, 0.1) is 6.04 Å². The van der Waals surface area contributed by atoms with Crippen molar-refractivity contribution in [2.45, 2.75) is 19.9 Å². The molecule has 0 aliphatic carbocycles. The molecule has 1 aliphatic heterocycles. The van der Waals surface area contributed by atoms with E-state index in [2.05, 4.69) is 37.1 Å². The van der Waals surface area contributed by atoms with Crippen LogP contribution in [0.15, 0.2) is 30.9 Å². The van der Waals surface area contributed by atoms with Gasteiger partial charge in [0.15, 0.2) is 16.6 Å². The summed E-state index contributed by atoms with van der Waals surface area (Å²) < 4.78 is 11.2. The van der Waals surface area contributed by atoms with Gasteiger partial charge in [-0.05, 0) is 35.8 Å². The molecule has 1 aromatic carbocycles. The van der Waals surface area contributed by atoms with Gasteiger partial charge in [0.1, 0.15) is 13.2 Å². The maximum absolute atomic E-state index is 5.65. The van der Waals surface area contributed by atoms with Crippen molar-refractivity contribution in [3.63, 3.8) is 0 Å². The summed E-state index contributed by atoms with van der Waals surface area (Å²) >= 11 is 5.31. The molecule has 1 aromatic rings. The molecule has 0 saturated carbocycles. The largest absolute Gasteiger partial charge is 0.486 e. The van der Waals surface area contributed by atoms with Crippen molar-refractivity contribution in [1.29, 1.82) is 0 Å². The molecule has 0 aromatic heterocycles. The maximum atomic E-state index is 5.65. The molecular formula is C16H22N2O2S. The number of nitrogens with one attached hydrogen (secondary N) is 2. The Morgan fingerprint density at radius 1 is 1.33 bits per heavy atom. The van der Waals surface area contributed by atoms with Gasteiger partial charge in [-0.25, -0.2) is 0 Å².